The van der Waals surface area contributed by atoms with Gasteiger partial charge in [0.15, 0.2) is 0 Å². The van der Waals surface area contributed by atoms with Crippen LogP contribution in [0.5, 0.6) is 0 Å². The van der Waals surface area contributed by atoms with Crippen LogP contribution in [0.2, 0.25) is 0 Å². The van der Waals surface area contributed by atoms with Gasteiger partial charge >= 0.3 is 0 Å². The smallest absolute Gasteiger partial charge is 0.292 e. The molecule has 5 unspecified atom stereocenters. The summed E-state index contributed by atoms with van der Waals surface area (Å²) in [6.07, 6.45) is 9.80. The molecule has 3 aromatic rings. The number of aryl methyl sites for hydroxylation is 1. The first-order valence-corrected chi connectivity index (χ1v) is 15.3. The molecule has 5 nitrogen and oxygen atoms in total. The molecular weight excluding hydrogens is 520 g/mol. The molecule has 5 heteroatoms. The molecule has 0 aromatic heterocycles. The standard InChI is InChI=1S/C35H40N2O.C2H4O2/c1-24-21-30(34(38)36-26(3)27-9-5-4-6-10-27)14-16-32(24)29-13-15-31(22-29)37-20-19-35(25(2)23-37)18-17-28-11-7-8-12-33(28)35;1-4-2-3/h4-12,14,16-18,21,25-26,29,31H,13,15,19-20,22-23H2,1-3H3,(H,36,38);2H,1H3. The fraction of sp³-hybridized carbons (Fsp3) is 0.405. The van der Waals surface area contributed by atoms with Crippen LogP contribution in [-0.4, -0.2) is 43.5 Å². The van der Waals surface area contributed by atoms with Crippen LogP contribution < -0.4 is 5.32 Å². The number of piperidine rings is 1. The fourth-order valence-corrected chi connectivity index (χ4v) is 7.51. The van der Waals surface area contributed by atoms with Gasteiger partial charge in [-0.3, -0.25) is 9.59 Å². The Morgan fingerprint density at radius 2 is 1.81 bits per heavy atom. The second-order valence-corrected chi connectivity index (χ2v) is 12.3. The Morgan fingerprint density at radius 1 is 1.07 bits per heavy atom. The lowest BCUT2D eigenvalue weighted by Crippen LogP contribution is -2.50. The maximum atomic E-state index is 13.0. The number of nitrogens with one attached hydrogen (secondary N) is 1. The van der Waals surface area contributed by atoms with Crippen LogP contribution in [0.15, 0.2) is 78.9 Å². The molecule has 2 aliphatic carbocycles. The molecule has 3 aromatic carbocycles. The summed E-state index contributed by atoms with van der Waals surface area (Å²) in [5, 5.41) is 3.16. The van der Waals surface area contributed by atoms with E-state index in [9.17, 15) is 4.79 Å². The Morgan fingerprint density at radius 3 is 2.52 bits per heavy atom. The summed E-state index contributed by atoms with van der Waals surface area (Å²) in [5.74, 6) is 1.20. The van der Waals surface area contributed by atoms with Crippen molar-refractivity contribution in [3.63, 3.8) is 0 Å². The van der Waals surface area contributed by atoms with Crippen molar-refractivity contribution >= 4 is 18.5 Å². The molecule has 1 aliphatic heterocycles. The third kappa shape index (κ3) is 6.07. The zero-order valence-electron chi connectivity index (χ0n) is 25.4. The Kier molecular flexibility index (Phi) is 9.27. The number of rotatable bonds is 6. The molecule has 3 aliphatic rings. The van der Waals surface area contributed by atoms with Gasteiger partial charge in [0.05, 0.1) is 13.2 Å². The minimum atomic E-state index is -0.0152. The monoisotopic (exact) mass is 564 g/mol. The summed E-state index contributed by atoms with van der Waals surface area (Å²) in [5.41, 5.74) is 7.71. The van der Waals surface area contributed by atoms with Gasteiger partial charge in [-0.05, 0) is 97.9 Å². The highest BCUT2D eigenvalue weighted by atomic mass is 16.5. The van der Waals surface area contributed by atoms with Gasteiger partial charge in [0.2, 0.25) is 0 Å². The van der Waals surface area contributed by atoms with E-state index in [2.05, 4.69) is 89.5 Å². The highest BCUT2D eigenvalue weighted by molar-refractivity contribution is 5.94. The molecule has 1 saturated carbocycles. The first kappa shape index (κ1) is 29.8. The van der Waals surface area contributed by atoms with Crippen LogP contribution in [0.1, 0.15) is 89.7 Å². The molecule has 42 heavy (non-hydrogen) atoms. The van der Waals surface area contributed by atoms with E-state index >= 15 is 0 Å². The van der Waals surface area contributed by atoms with E-state index in [0.29, 0.717) is 24.3 Å². The number of fused-ring (bicyclic) bond motifs is 2. The molecule has 5 atom stereocenters. The van der Waals surface area contributed by atoms with Gasteiger partial charge in [0, 0.05) is 23.6 Å². The van der Waals surface area contributed by atoms with Crippen LogP contribution in [0.4, 0.5) is 0 Å². The van der Waals surface area contributed by atoms with E-state index in [1.165, 1.54) is 68.1 Å². The van der Waals surface area contributed by atoms with Gasteiger partial charge < -0.3 is 15.0 Å². The first-order chi connectivity index (χ1) is 20.4. The Balaban J connectivity index is 0.000000830. The predicted octanol–water partition coefficient (Wildman–Crippen LogP) is 7.22. The molecule has 2 fully saturated rings. The van der Waals surface area contributed by atoms with Gasteiger partial charge in [-0.15, -0.1) is 0 Å². The highest BCUT2D eigenvalue weighted by Crippen LogP contribution is 2.48. The second-order valence-electron chi connectivity index (χ2n) is 12.3. The molecule has 1 amide bonds. The minimum absolute atomic E-state index is 0.000860. The maximum absolute atomic E-state index is 13.0. The first-order valence-electron chi connectivity index (χ1n) is 15.3. The van der Waals surface area contributed by atoms with Crippen LogP contribution >= 0.6 is 0 Å². The normalized spacial score (nSPS) is 25.3. The molecule has 1 N–H and O–H groups in total. The number of carbonyl (C=O) groups excluding carboxylic acids is 2. The van der Waals surface area contributed by atoms with Crippen LogP contribution in [0.3, 0.4) is 0 Å². The average molecular weight is 565 g/mol. The van der Waals surface area contributed by atoms with E-state index in [-0.39, 0.29) is 17.4 Å². The van der Waals surface area contributed by atoms with E-state index in [1.807, 2.05) is 31.2 Å². The number of nitrogens with zero attached hydrogens (tertiary/aromatic N) is 1. The van der Waals surface area contributed by atoms with Crippen LogP contribution in [-0.2, 0) is 14.9 Å². The van der Waals surface area contributed by atoms with Gasteiger partial charge in [-0.25, -0.2) is 0 Å². The van der Waals surface area contributed by atoms with Gasteiger partial charge in [0.1, 0.15) is 0 Å². The van der Waals surface area contributed by atoms with Gasteiger partial charge in [-0.1, -0.05) is 79.7 Å². The van der Waals surface area contributed by atoms with E-state index in [1.54, 1.807) is 0 Å². The zero-order valence-corrected chi connectivity index (χ0v) is 25.4. The summed E-state index contributed by atoms with van der Waals surface area (Å²) in [4.78, 5) is 24.7. The lowest BCUT2D eigenvalue weighted by molar-refractivity contribution is -0.126. The third-order valence-corrected chi connectivity index (χ3v) is 9.86. The van der Waals surface area contributed by atoms with E-state index in [4.69, 9.17) is 4.79 Å². The van der Waals surface area contributed by atoms with E-state index in [0.717, 1.165) is 11.1 Å². The number of methoxy groups -OCH3 is 1. The molecule has 1 spiro atoms. The molecule has 1 saturated heterocycles. The number of ether oxygens (including phenoxy) is 1. The van der Waals surface area contributed by atoms with Crippen molar-refractivity contribution in [3.8, 4) is 0 Å². The van der Waals surface area contributed by atoms with Crippen LogP contribution in [0, 0.1) is 12.8 Å². The molecular formula is C37H44N2O3. The number of likely N-dealkylation sites (tertiary alicyclic amines) is 1. The van der Waals surface area contributed by atoms with Crippen molar-refractivity contribution in [2.75, 3.05) is 20.2 Å². The predicted molar refractivity (Wildman–Crippen MR) is 169 cm³/mol. The maximum Gasteiger partial charge on any atom is 0.292 e. The van der Waals surface area contributed by atoms with Crippen molar-refractivity contribution < 1.29 is 14.3 Å². The number of amides is 1. The third-order valence-electron chi connectivity index (χ3n) is 9.86. The zero-order chi connectivity index (χ0) is 29.7. The largest absolute Gasteiger partial charge is 0.471 e. The van der Waals surface area contributed by atoms with Crippen molar-refractivity contribution in [2.24, 2.45) is 5.92 Å². The molecule has 220 valence electrons. The molecule has 1 heterocycles. The summed E-state index contributed by atoms with van der Waals surface area (Å²) in [6, 6.07) is 26.1. The number of carbonyl (C=O) groups is 2. The summed E-state index contributed by atoms with van der Waals surface area (Å²) in [7, 11) is 1.31. The molecule has 6 rings (SSSR count). The van der Waals surface area contributed by atoms with Crippen molar-refractivity contribution in [3.05, 3.63) is 112 Å². The highest BCUT2D eigenvalue weighted by Gasteiger charge is 2.45. The quantitative estimate of drug-likeness (QED) is 0.321. The van der Waals surface area contributed by atoms with Crippen molar-refractivity contribution in [1.82, 2.24) is 10.2 Å². The lowest BCUT2D eigenvalue weighted by Gasteiger charge is -2.46. The number of allylic oxidation sites excluding steroid dienone is 1. The van der Waals surface area contributed by atoms with Crippen molar-refractivity contribution in [2.45, 2.75) is 69.9 Å². The lowest BCUT2D eigenvalue weighted by atomic mass is 9.68. The Bertz CT molecular complexity index is 1420. The van der Waals surface area contributed by atoms with E-state index < -0.39 is 0 Å². The van der Waals surface area contributed by atoms with Crippen molar-refractivity contribution in [1.29, 1.82) is 0 Å². The Labute approximate surface area is 251 Å². The second kappa shape index (κ2) is 13.1. The summed E-state index contributed by atoms with van der Waals surface area (Å²) < 4.78 is 3.86. The number of hydrogen-bond donors (Lipinski definition) is 1. The fourth-order valence-electron chi connectivity index (χ4n) is 7.51. The van der Waals surface area contributed by atoms with Gasteiger partial charge in [0.25, 0.3) is 12.4 Å². The topological polar surface area (TPSA) is 58.6 Å². The Hall–Kier alpha value is -3.70. The SMILES string of the molecule is COC=O.Cc1cc(C(=O)NC(C)c2ccccc2)ccc1C1CCC(N2CCC3(C=Cc4ccccc43)C(C)C2)C1. The van der Waals surface area contributed by atoms with Crippen LogP contribution in [0.25, 0.3) is 6.08 Å². The molecule has 0 radical (unpaired) electrons. The summed E-state index contributed by atoms with van der Waals surface area (Å²) >= 11 is 0. The minimum Gasteiger partial charge on any atom is -0.471 e. The number of hydrogen-bond acceptors (Lipinski definition) is 4. The molecule has 0 bridgehead atoms. The van der Waals surface area contributed by atoms with Gasteiger partial charge in [-0.2, -0.15) is 0 Å². The average Bonchev–Trinajstić information content (AvgIpc) is 3.65. The number of benzene rings is 3. The summed E-state index contributed by atoms with van der Waals surface area (Å²) in [6.45, 7) is 9.40.